The van der Waals surface area contributed by atoms with Gasteiger partial charge in [-0.15, -0.1) is 0 Å². The summed E-state index contributed by atoms with van der Waals surface area (Å²) < 4.78 is 0. The predicted molar refractivity (Wildman–Crippen MR) is 197 cm³/mol. The largest absolute Gasteiger partial charge is 0.394 e. The first-order chi connectivity index (χ1) is 26.1. The number of rotatable bonds is 26. The molecule has 2 saturated heterocycles. The third-order valence-electron chi connectivity index (χ3n) is 8.81. The van der Waals surface area contributed by atoms with Gasteiger partial charge in [0.05, 0.1) is 38.3 Å². The molecule has 0 spiro atoms. The van der Waals surface area contributed by atoms with Gasteiger partial charge in [-0.2, -0.15) is 11.8 Å². The van der Waals surface area contributed by atoms with E-state index in [0.29, 0.717) is 37.5 Å². The van der Waals surface area contributed by atoms with Gasteiger partial charge in [-0.25, -0.2) is 10.3 Å². The van der Waals surface area contributed by atoms with Crippen LogP contribution >= 0.6 is 11.8 Å². The van der Waals surface area contributed by atoms with E-state index in [1.54, 1.807) is 0 Å². The number of primary amides is 1. The van der Waals surface area contributed by atoms with Gasteiger partial charge in [0.1, 0.15) is 12.1 Å². The number of urea groups is 1. The molecule has 55 heavy (non-hydrogen) atoms. The van der Waals surface area contributed by atoms with Crippen molar-refractivity contribution in [2.75, 3.05) is 38.5 Å². The van der Waals surface area contributed by atoms with Crippen LogP contribution in [-0.2, 0) is 38.4 Å². The van der Waals surface area contributed by atoms with Crippen molar-refractivity contribution in [3.05, 3.63) is 0 Å². The molecule has 22 heteroatoms. The molecule has 2 rings (SSSR count). The normalized spacial score (nSPS) is 18.7. The van der Waals surface area contributed by atoms with Crippen molar-refractivity contribution in [3.8, 4) is 0 Å². The zero-order valence-electron chi connectivity index (χ0n) is 31.2. The Hall–Kier alpha value is -4.70. The van der Waals surface area contributed by atoms with Crippen LogP contribution in [0.3, 0.4) is 0 Å². The number of carbonyl (C=O) groups is 9. The number of aliphatic hydroxyl groups is 1. The van der Waals surface area contributed by atoms with Crippen molar-refractivity contribution in [1.29, 1.82) is 0 Å². The van der Waals surface area contributed by atoms with E-state index < -0.39 is 85.6 Å². The number of thioether (sulfide) groups is 1. The Kier molecular flexibility index (Phi) is 20.8. The van der Waals surface area contributed by atoms with E-state index in [9.17, 15) is 48.3 Å². The second-order valence-corrected chi connectivity index (χ2v) is 15.1. The molecule has 2 heterocycles. The molecule has 0 aromatic rings. The quantitative estimate of drug-likeness (QED) is 0.0175. The summed E-state index contributed by atoms with van der Waals surface area (Å²) in [7, 11) is 0. The van der Waals surface area contributed by atoms with Crippen LogP contribution in [0.2, 0.25) is 0 Å². The van der Waals surface area contributed by atoms with Gasteiger partial charge in [-0.3, -0.25) is 43.6 Å². The highest BCUT2D eigenvalue weighted by atomic mass is 32.2. The number of hydrogen-bond acceptors (Lipinski definition) is 12. The number of hydrogen-bond donors (Lipinski definition) is 12. The Morgan fingerprint density at radius 2 is 1.45 bits per heavy atom. The van der Waals surface area contributed by atoms with Crippen LogP contribution in [0.15, 0.2) is 0 Å². The standard InChI is InChI=1S/C33H56N10O11S/c1-18(2)11-19(12-25(46)43-54)31(51)37-15-28(49)40-21(16-44)32(52)38-13-26(47)36-14-27(48)39-20(30(34)50)7-5-6-10-35-24(45)9-4-3-8-23-29-22(17-55-23)41-33(53)42-29/h18-23,29,44,54H,3-17H2,1-2H3,(H2,34,50)(H,35,45)(H,36,47)(H,37,51)(H,38,52)(H,39,48)(H,40,49)(H,43,46)(H2,41,42,53)/t19?,20-,21-,22-,23-,29-/m0/s1. The van der Waals surface area contributed by atoms with Gasteiger partial charge in [0.15, 0.2) is 0 Å². The zero-order valence-corrected chi connectivity index (χ0v) is 32.0. The molecule has 1 unspecified atom stereocenters. The van der Waals surface area contributed by atoms with Gasteiger partial charge in [-0.05, 0) is 44.4 Å². The highest BCUT2D eigenvalue weighted by Crippen LogP contribution is 2.33. The Bertz CT molecular complexity index is 1370. The Labute approximate surface area is 323 Å². The molecule has 0 aromatic heterocycles. The lowest BCUT2D eigenvalue weighted by molar-refractivity contribution is -0.136. The average Bonchev–Trinajstić information content (AvgIpc) is 3.70. The van der Waals surface area contributed by atoms with Crippen molar-refractivity contribution >= 4 is 65.1 Å². The number of nitrogens with two attached hydrogens (primary N) is 1. The maximum absolute atomic E-state index is 12.5. The SMILES string of the molecule is CC(C)CC(CC(=O)NO)C(=O)NCC(=O)N[C@@H](CO)C(=O)NCC(=O)NCC(=O)N[C@@H](CCCCNC(=O)CCCC[C@@H]1SC[C@@H]2NC(=O)N[C@@H]21)C(N)=O. The molecule has 13 N–H and O–H groups in total. The number of fused-ring (bicyclic) bond motifs is 1. The number of aliphatic hydroxyl groups excluding tert-OH is 1. The highest BCUT2D eigenvalue weighted by Gasteiger charge is 2.42. The molecule has 2 aliphatic heterocycles. The second-order valence-electron chi connectivity index (χ2n) is 13.8. The lowest BCUT2D eigenvalue weighted by Crippen LogP contribution is -2.53. The van der Waals surface area contributed by atoms with Crippen LogP contribution in [0.4, 0.5) is 4.79 Å². The van der Waals surface area contributed by atoms with E-state index in [-0.39, 0.29) is 42.8 Å². The molecule has 2 fully saturated rings. The van der Waals surface area contributed by atoms with E-state index in [1.165, 1.54) is 5.48 Å². The molecule has 0 aromatic carbocycles. The summed E-state index contributed by atoms with van der Waals surface area (Å²) >= 11 is 1.83. The summed E-state index contributed by atoms with van der Waals surface area (Å²) in [6, 6.07) is -2.32. The molecule has 21 nitrogen and oxygen atoms in total. The summed E-state index contributed by atoms with van der Waals surface area (Å²) in [5.74, 6) is -5.46. The number of hydroxylamine groups is 1. The van der Waals surface area contributed by atoms with Gasteiger partial charge in [0, 0.05) is 36.3 Å². The van der Waals surface area contributed by atoms with Crippen molar-refractivity contribution in [3.63, 3.8) is 0 Å². The maximum Gasteiger partial charge on any atom is 0.315 e. The number of carbonyl (C=O) groups excluding carboxylic acids is 9. The van der Waals surface area contributed by atoms with Crippen LogP contribution in [0.25, 0.3) is 0 Å². The third kappa shape index (κ3) is 18.0. The second kappa shape index (κ2) is 24.7. The molecular weight excluding hydrogens is 744 g/mol. The molecule has 0 saturated carbocycles. The highest BCUT2D eigenvalue weighted by molar-refractivity contribution is 8.00. The Balaban J connectivity index is 1.59. The average molecular weight is 801 g/mol. The van der Waals surface area contributed by atoms with Crippen molar-refractivity contribution < 1.29 is 53.5 Å². The first kappa shape index (κ1) is 46.5. The fourth-order valence-corrected chi connectivity index (χ4v) is 7.54. The molecule has 10 amide bonds. The molecule has 0 aliphatic carbocycles. The molecular formula is C33H56N10O11S. The Morgan fingerprint density at radius 3 is 2.11 bits per heavy atom. The molecule has 310 valence electrons. The minimum atomic E-state index is -1.48. The minimum Gasteiger partial charge on any atom is -0.394 e. The summed E-state index contributed by atoms with van der Waals surface area (Å²) in [5.41, 5.74) is 6.87. The van der Waals surface area contributed by atoms with E-state index >= 15 is 0 Å². The van der Waals surface area contributed by atoms with E-state index in [2.05, 4.69) is 42.5 Å². The fourth-order valence-electron chi connectivity index (χ4n) is 6.00. The molecule has 0 radical (unpaired) electrons. The van der Waals surface area contributed by atoms with Gasteiger partial charge < -0.3 is 53.4 Å². The summed E-state index contributed by atoms with van der Waals surface area (Å²) in [5, 5.41) is 38.8. The first-order valence-corrected chi connectivity index (χ1v) is 19.4. The van der Waals surface area contributed by atoms with E-state index in [1.807, 2.05) is 25.6 Å². The summed E-state index contributed by atoms with van der Waals surface area (Å²) in [6.07, 6.45) is 4.06. The van der Waals surface area contributed by atoms with Gasteiger partial charge in [-0.1, -0.05) is 20.3 Å². The van der Waals surface area contributed by atoms with Crippen LogP contribution in [-0.4, -0.2) is 132 Å². The third-order valence-corrected chi connectivity index (χ3v) is 10.3. The Morgan fingerprint density at radius 1 is 0.800 bits per heavy atom. The van der Waals surface area contributed by atoms with E-state index in [4.69, 9.17) is 10.9 Å². The minimum absolute atomic E-state index is 0.0287. The van der Waals surface area contributed by atoms with Crippen molar-refractivity contribution in [2.24, 2.45) is 17.6 Å². The van der Waals surface area contributed by atoms with Crippen molar-refractivity contribution in [1.82, 2.24) is 48.0 Å². The lowest BCUT2D eigenvalue weighted by atomic mass is 9.93. The summed E-state index contributed by atoms with van der Waals surface area (Å²) in [4.78, 5) is 109. The summed E-state index contributed by atoms with van der Waals surface area (Å²) in [6.45, 7) is 1.44. The smallest absolute Gasteiger partial charge is 0.315 e. The number of amides is 10. The topological polar surface area (TPSA) is 328 Å². The molecule has 6 atom stereocenters. The number of nitrogens with one attached hydrogen (secondary N) is 9. The first-order valence-electron chi connectivity index (χ1n) is 18.3. The van der Waals surface area contributed by atoms with E-state index in [0.717, 1.165) is 25.0 Å². The predicted octanol–water partition coefficient (Wildman–Crippen LogP) is -3.65. The monoisotopic (exact) mass is 800 g/mol. The van der Waals surface area contributed by atoms with Crippen LogP contribution in [0.1, 0.15) is 71.6 Å². The fraction of sp³-hybridized carbons (Fsp3) is 0.727. The molecule has 0 bridgehead atoms. The lowest BCUT2D eigenvalue weighted by Gasteiger charge is -2.19. The van der Waals surface area contributed by atoms with Gasteiger partial charge in [0.2, 0.25) is 47.3 Å². The maximum atomic E-state index is 12.5. The zero-order chi connectivity index (χ0) is 40.9. The van der Waals surface area contributed by atoms with Crippen LogP contribution in [0.5, 0.6) is 0 Å². The van der Waals surface area contributed by atoms with Crippen molar-refractivity contribution in [2.45, 2.75) is 101 Å². The molecule has 2 aliphatic rings. The van der Waals surface area contributed by atoms with Crippen LogP contribution in [0, 0.1) is 11.8 Å². The van der Waals surface area contributed by atoms with Gasteiger partial charge >= 0.3 is 6.03 Å². The van der Waals surface area contributed by atoms with Crippen LogP contribution < -0.4 is 53.7 Å². The van der Waals surface area contributed by atoms with Gasteiger partial charge in [0.25, 0.3) is 0 Å². The number of unbranched alkanes of at least 4 members (excludes halogenated alkanes) is 2.